The monoisotopic (exact) mass is 333 g/mol. The quantitative estimate of drug-likeness (QED) is 0.527. The van der Waals surface area contributed by atoms with Crippen LogP contribution in [0.2, 0.25) is 0 Å². The van der Waals surface area contributed by atoms with E-state index in [1.807, 2.05) is 6.92 Å². The molecule has 0 aromatic heterocycles. The number of hydrogen-bond donors (Lipinski definition) is 2. The van der Waals surface area contributed by atoms with Crippen LogP contribution in [0.25, 0.3) is 0 Å². The van der Waals surface area contributed by atoms with Gasteiger partial charge in [0.05, 0.1) is 11.8 Å². The van der Waals surface area contributed by atoms with Crippen molar-refractivity contribution in [1.82, 2.24) is 0 Å². The summed E-state index contributed by atoms with van der Waals surface area (Å²) in [5, 5.41) is 23.8. The van der Waals surface area contributed by atoms with Crippen LogP contribution in [0.15, 0.2) is 5.16 Å². The molecule has 132 valence electrons. The number of rotatable bonds is 0. The highest BCUT2D eigenvalue weighted by Gasteiger charge is 2.64. The Hall–Kier alpha value is -1.23. The zero-order valence-corrected chi connectivity index (χ0v) is 14.5. The minimum Gasteiger partial charge on any atom is -0.411 e. The molecule has 0 amide bonds. The smallest absolute Gasteiger partial charge is 0.141 e. The molecule has 2 N–H and O–H groups in total. The van der Waals surface area contributed by atoms with Crippen LogP contribution in [-0.2, 0) is 9.59 Å². The van der Waals surface area contributed by atoms with Gasteiger partial charge in [-0.1, -0.05) is 19.0 Å². The van der Waals surface area contributed by atoms with Gasteiger partial charge in [-0.05, 0) is 42.9 Å². The Labute approximate surface area is 142 Å². The summed E-state index contributed by atoms with van der Waals surface area (Å²) in [6.07, 6.45) is 3.98. The minimum absolute atomic E-state index is 0.0172. The number of fused-ring (bicyclic) bond motifs is 5. The molecule has 0 spiro atoms. The molecule has 5 heteroatoms. The molecule has 7 atom stereocenters. The molecule has 4 rings (SSSR count). The van der Waals surface area contributed by atoms with Crippen molar-refractivity contribution in [3.8, 4) is 0 Å². The largest absolute Gasteiger partial charge is 0.411 e. The van der Waals surface area contributed by atoms with Gasteiger partial charge in [0.15, 0.2) is 0 Å². The maximum Gasteiger partial charge on any atom is 0.141 e. The van der Waals surface area contributed by atoms with Gasteiger partial charge in [-0.3, -0.25) is 9.59 Å². The first-order valence-corrected chi connectivity index (χ1v) is 9.25. The van der Waals surface area contributed by atoms with Crippen LogP contribution in [-0.4, -0.2) is 33.7 Å². The summed E-state index contributed by atoms with van der Waals surface area (Å²) < 4.78 is 0. The van der Waals surface area contributed by atoms with Gasteiger partial charge in [0.25, 0.3) is 0 Å². The van der Waals surface area contributed by atoms with E-state index in [0.717, 1.165) is 19.3 Å². The highest BCUT2D eigenvalue weighted by molar-refractivity contribution is 5.94. The Balaban J connectivity index is 1.76. The Bertz CT molecular complexity index is 629. The lowest BCUT2D eigenvalue weighted by Crippen LogP contribution is -2.57. The molecule has 4 aliphatic carbocycles. The summed E-state index contributed by atoms with van der Waals surface area (Å²) in [5.74, 6) is 0.977. The third-order valence-corrected chi connectivity index (χ3v) is 8.13. The summed E-state index contributed by atoms with van der Waals surface area (Å²) in [5.41, 5.74) is 0.211. The summed E-state index contributed by atoms with van der Waals surface area (Å²) in [7, 11) is 0. The molecule has 0 heterocycles. The Morgan fingerprint density at radius 2 is 1.88 bits per heavy atom. The van der Waals surface area contributed by atoms with Crippen molar-refractivity contribution in [3.63, 3.8) is 0 Å². The topological polar surface area (TPSA) is 87.0 Å². The third-order valence-electron chi connectivity index (χ3n) is 8.13. The number of Topliss-reactive ketones (excluding diaryl/α,β-unsaturated/α-hetero) is 2. The number of ketones is 2. The molecular formula is C19H27NO4. The highest BCUT2D eigenvalue weighted by Crippen LogP contribution is 2.64. The number of hydrogen-bond acceptors (Lipinski definition) is 5. The second kappa shape index (κ2) is 5.13. The van der Waals surface area contributed by atoms with Gasteiger partial charge in [0, 0.05) is 36.5 Å². The van der Waals surface area contributed by atoms with Crippen molar-refractivity contribution in [2.24, 2.45) is 39.7 Å². The van der Waals surface area contributed by atoms with Crippen molar-refractivity contribution in [1.29, 1.82) is 0 Å². The maximum atomic E-state index is 12.5. The van der Waals surface area contributed by atoms with E-state index >= 15 is 0 Å². The van der Waals surface area contributed by atoms with Crippen LogP contribution in [0.1, 0.15) is 58.8 Å². The first-order chi connectivity index (χ1) is 11.3. The standard InChI is InChI=1S/C19H27NO4/c1-18-5-3-10(21)7-13(18)14(20-24)8-11-12(18)4-6-19(2)16(23)9-15(22)17(11)19/h11-13,15,17,22,24H,3-9H2,1-2H3/t11-,12+,13-,15?,17-,18-,19-/m1/s1. The average Bonchev–Trinajstić information content (AvgIpc) is 2.77. The average molecular weight is 333 g/mol. The van der Waals surface area contributed by atoms with E-state index in [9.17, 15) is 19.9 Å². The maximum absolute atomic E-state index is 12.5. The molecule has 4 saturated carbocycles. The number of nitrogens with zero attached hydrogens (tertiary/aromatic N) is 1. The number of aliphatic hydroxyl groups excluding tert-OH is 1. The highest BCUT2D eigenvalue weighted by atomic mass is 16.4. The molecule has 1 unspecified atom stereocenters. The normalized spacial score (nSPS) is 52.8. The van der Waals surface area contributed by atoms with Gasteiger partial charge in [-0.2, -0.15) is 0 Å². The predicted molar refractivity (Wildman–Crippen MR) is 87.7 cm³/mol. The van der Waals surface area contributed by atoms with Crippen molar-refractivity contribution in [2.45, 2.75) is 64.9 Å². The lowest BCUT2D eigenvalue weighted by Gasteiger charge is -2.59. The van der Waals surface area contributed by atoms with E-state index in [4.69, 9.17) is 0 Å². The van der Waals surface area contributed by atoms with Gasteiger partial charge in [0.2, 0.25) is 0 Å². The van der Waals surface area contributed by atoms with Crippen LogP contribution in [0.3, 0.4) is 0 Å². The zero-order valence-electron chi connectivity index (χ0n) is 14.5. The summed E-state index contributed by atoms with van der Waals surface area (Å²) >= 11 is 0. The van der Waals surface area contributed by atoms with Crippen LogP contribution >= 0.6 is 0 Å². The molecule has 0 radical (unpaired) electrons. The fourth-order valence-corrected chi connectivity index (χ4v) is 6.81. The molecule has 5 nitrogen and oxygen atoms in total. The van der Waals surface area contributed by atoms with Crippen LogP contribution in [0, 0.1) is 34.5 Å². The van der Waals surface area contributed by atoms with Crippen LogP contribution in [0.4, 0.5) is 0 Å². The Morgan fingerprint density at radius 1 is 1.12 bits per heavy atom. The van der Waals surface area contributed by atoms with Crippen molar-refractivity contribution in [3.05, 3.63) is 0 Å². The van der Waals surface area contributed by atoms with Crippen molar-refractivity contribution < 1.29 is 19.9 Å². The van der Waals surface area contributed by atoms with Crippen LogP contribution in [0.5, 0.6) is 0 Å². The predicted octanol–water partition coefficient (Wildman–Crippen LogP) is 2.58. The number of carbonyl (C=O) groups is 2. The Morgan fingerprint density at radius 3 is 2.58 bits per heavy atom. The molecule has 0 aromatic rings. The van der Waals surface area contributed by atoms with E-state index in [1.54, 1.807) is 0 Å². The number of aliphatic hydroxyl groups is 1. The molecule has 0 aliphatic heterocycles. The van der Waals surface area contributed by atoms with Gasteiger partial charge in [-0.15, -0.1) is 0 Å². The molecular weight excluding hydrogens is 306 g/mol. The fourth-order valence-electron chi connectivity index (χ4n) is 6.81. The first-order valence-electron chi connectivity index (χ1n) is 9.25. The van der Waals surface area contributed by atoms with E-state index in [0.29, 0.717) is 30.9 Å². The van der Waals surface area contributed by atoms with Gasteiger partial charge >= 0.3 is 0 Å². The van der Waals surface area contributed by atoms with Crippen LogP contribution < -0.4 is 0 Å². The Kier molecular flexibility index (Phi) is 3.48. The summed E-state index contributed by atoms with van der Waals surface area (Å²) in [4.78, 5) is 24.5. The van der Waals surface area contributed by atoms with Gasteiger partial charge in [-0.25, -0.2) is 0 Å². The first kappa shape index (κ1) is 16.2. The number of oxime groups is 1. The lowest BCUT2D eigenvalue weighted by molar-refractivity contribution is -0.138. The molecule has 4 fully saturated rings. The second-order valence-corrected chi connectivity index (χ2v) is 9.04. The lowest BCUT2D eigenvalue weighted by atomic mass is 9.44. The second-order valence-electron chi connectivity index (χ2n) is 9.04. The van der Waals surface area contributed by atoms with Crippen molar-refractivity contribution >= 4 is 17.3 Å². The molecule has 0 aromatic carbocycles. The molecule has 24 heavy (non-hydrogen) atoms. The van der Waals surface area contributed by atoms with E-state index in [1.165, 1.54) is 0 Å². The van der Waals surface area contributed by atoms with E-state index < -0.39 is 11.5 Å². The number of carbonyl (C=O) groups excluding carboxylic acids is 2. The van der Waals surface area contributed by atoms with E-state index in [-0.39, 0.29) is 41.2 Å². The summed E-state index contributed by atoms with van der Waals surface area (Å²) in [6, 6.07) is 0. The molecule has 4 aliphatic rings. The zero-order chi connectivity index (χ0) is 17.3. The third kappa shape index (κ3) is 1.94. The summed E-state index contributed by atoms with van der Waals surface area (Å²) in [6.45, 7) is 4.25. The minimum atomic E-state index is -0.583. The molecule has 0 bridgehead atoms. The molecule has 0 saturated heterocycles. The van der Waals surface area contributed by atoms with Crippen molar-refractivity contribution in [2.75, 3.05) is 0 Å². The van der Waals surface area contributed by atoms with Gasteiger partial charge < -0.3 is 10.3 Å². The van der Waals surface area contributed by atoms with Gasteiger partial charge in [0.1, 0.15) is 11.6 Å². The SMILES string of the molecule is C[C@]12CCC(=O)C[C@@H]1C(=NO)C[C@@H]1[C@@H]2CC[C@]2(C)C(=O)CC(O)[C@@H]12. The fraction of sp³-hybridized carbons (Fsp3) is 0.842. The van der Waals surface area contributed by atoms with E-state index in [2.05, 4.69) is 12.1 Å².